The minimum absolute atomic E-state index is 0.0730. The molecule has 0 heterocycles. The Bertz CT molecular complexity index is 537. The Kier molecular flexibility index (Phi) is 6.18. The van der Waals surface area contributed by atoms with Gasteiger partial charge in [-0.15, -0.1) is 0 Å². The van der Waals surface area contributed by atoms with Crippen molar-refractivity contribution >= 4 is 12.0 Å². The number of ether oxygens (including phenoxy) is 1. The standard InChI is InChI=1S/C15H22N2O5/c1-15(2,3)22-14(21)17-7-6-16-13(20)11-8-10(9-18)4-5-12(11)19/h4-5,8,18-19H,6-7,9H2,1-3H3,(H,16,20)(H,17,21). The van der Waals surface area contributed by atoms with Gasteiger partial charge in [0.1, 0.15) is 11.4 Å². The minimum atomic E-state index is -0.580. The van der Waals surface area contributed by atoms with E-state index in [4.69, 9.17) is 9.84 Å². The Balaban J connectivity index is 2.42. The average Bonchev–Trinajstić information content (AvgIpc) is 2.42. The van der Waals surface area contributed by atoms with Crippen LogP contribution in [0.5, 0.6) is 5.75 Å². The third kappa shape index (κ3) is 6.01. The first-order valence-corrected chi connectivity index (χ1v) is 6.91. The quantitative estimate of drug-likeness (QED) is 0.610. The number of alkyl carbamates (subject to hydrolysis) is 1. The first kappa shape index (κ1) is 17.8. The summed E-state index contributed by atoms with van der Waals surface area (Å²) in [7, 11) is 0. The highest BCUT2D eigenvalue weighted by atomic mass is 16.6. The summed E-state index contributed by atoms with van der Waals surface area (Å²) in [6, 6.07) is 4.28. The van der Waals surface area contributed by atoms with Crippen molar-refractivity contribution in [3.8, 4) is 5.75 Å². The fourth-order valence-electron chi connectivity index (χ4n) is 1.61. The number of amides is 2. The van der Waals surface area contributed by atoms with Crippen LogP contribution in [0.25, 0.3) is 0 Å². The van der Waals surface area contributed by atoms with E-state index >= 15 is 0 Å². The Morgan fingerprint density at radius 3 is 2.41 bits per heavy atom. The van der Waals surface area contributed by atoms with E-state index < -0.39 is 17.6 Å². The van der Waals surface area contributed by atoms with Crippen molar-refractivity contribution in [3.05, 3.63) is 29.3 Å². The number of carbonyl (C=O) groups excluding carboxylic acids is 2. The average molecular weight is 310 g/mol. The van der Waals surface area contributed by atoms with Crippen LogP contribution in [0, 0.1) is 0 Å². The van der Waals surface area contributed by atoms with Crippen LogP contribution in [0.2, 0.25) is 0 Å². The Morgan fingerprint density at radius 1 is 1.18 bits per heavy atom. The molecule has 7 nitrogen and oxygen atoms in total. The molecule has 0 atom stereocenters. The zero-order chi connectivity index (χ0) is 16.8. The number of benzene rings is 1. The van der Waals surface area contributed by atoms with Gasteiger partial charge in [-0.25, -0.2) is 4.79 Å². The molecule has 122 valence electrons. The van der Waals surface area contributed by atoms with Crippen molar-refractivity contribution in [2.75, 3.05) is 13.1 Å². The second kappa shape index (κ2) is 7.65. The fourth-order valence-corrected chi connectivity index (χ4v) is 1.61. The molecule has 1 aromatic carbocycles. The normalized spacial score (nSPS) is 10.9. The van der Waals surface area contributed by atoms with Gasteiger partial charge in [-0.05, 0) is 38.5 Å². The van der Waals surface area contributed by atoms with Crippen molar-refractivity contribution in [3.63, 3.8) is 0 Å². The largest absolute Gasteiger partial charge is 0.507 e. The third-order valence-electron chi connectivity index (χ3n) is 2.57. The van der Waals surface area contributed by atoms with Crippen LogP contribution in [0.1, 0.15) is 36.7 Å². The maximum atomic E-state index is 11.9. The molecule has 0 fully saturated rings. The van der Waals surface area contributed by atoms with Crippen molar-refractivity contribution < 1.29 is 24.5 Å². The molecule has 4 N–H and O–H groups in total. The summed E-state index contributed by atoms with van der Waals surface area (Å²) in [6.07, 6.45) is -0.563. The van der Waals surface area contributed by atoms with E-state index in [1.54, 1.807) is 20.8 Å². The number of aliphatic hydroxyl groups excluding tert-OH is 1. The van der Waals surface area contributed by atoms with Crippen LogP contribution in [0.15, 0.2) is 18.2 Å². The van der Waals surface area contributed by atoms with Crippen LogP contribution in [-0.4, -0.2) is 40.9 Å². The molecule has 0 saturated heterocycles. The Morgan fingerprint density at radius 2 is 1.82 bits per heavy atom. The van der Waals surface area contributed by atoms with Crippen LogP contribution in [0.4, 0.5) is 4.79 Å². The minimum Gasteiger partial charge on any atom is -0.507 e. The summed E-state index contributed by atoms with van der Waals surface area (Å²) in [5.74, 6) is -0.659. The number of phenols is 1. The van der Waals surface area contributed by atoms with Gasteiger partial charge in [-0.2, -0.15) is 0 Å². The zero-order valence-corrected chi connectivity index (χ0v) is 13.0. The Labute approximate surface area is 129 Å². The predicted octanol–water partition coefficient (Wildman–Crippen LogP) is 1.14. The molecule has 1 aromatic rings. The van der Waals surface area contributed by atoms with Crippen LogP contribution in [0.3, 0.4) is 0 Å². The molecule has 7 heteroatoms. The van der Waals surface area contributed by atoms with Crippen LogP contribution >= 0.6 is 0 Å². The van der Waals surface area contributed by atoms with Crippen molar-refractivity contribution in [1.82, 2.24) is 10.6 Å². The third-order valence-corrected chi connectivity index (χ3v) is 2.57. The van der Waals surface area contributed by atoms with E-state index in [2.05, 4.69) is 10.6 Å². The molecule has 0 aliphatic heterocycles. The molecular weight excluding hydrogens is 288 g/mol. The number of nitrogens with one attached hydrogen (secondary N) is 2. The SMILES string of the molecule is CC(C)(C)OC(=O)NCCNC(=O)c1cc(CO)ccc1O. The van der Waals surface area contributed by atoms with Crippen molar-refractivity contribution in [2.45, 2.75) is 33.0 Å². The topological polar surface area (TPSA) is 108 Å². The summed E-state index contributed by atoms with van der Waals surface area (Å²) in [5.41, 5.74) is 0.0165. The van der Waals surface area contributed by atoms with Gasteiger partial charge in [0.15, 0.2) is 0 Å². The molecule has 2 amide bonds. The van der Waals surface area contributed by atoms with E-state index in [1.807, 2.05) is 0 Å². The van der Waals surface area contributed by atoms with Gasteiger partial charge in [0.25, 0.3) is 5.91 Å². The molecule has 22 heavy (non-hydrogen) atoms. The lowest BCUT2D eigenvalue weighted by molar-refractivity contribution is 0.0526. The summed E-state index contributed by atoms with van der Waals surface area (Å²) in [6.45, 7) is 5.42. The van der Waals surface area contributed by atoms with E-state index in [-0.39, 0.29) is 31.0 Å². The lowest BCUT2D eigenvalue weighted by Crippen LogP contribution is -2.37. The molecule has 0 saturated carbocycles. The van der Waals surface area contributed by atoms with Crippen molar-refractivity contribution in [1.29, 1.82) is 0 Å². The number of hydrogen-bond acceptors (Lipinski definition) is 5. The highest BCUT2D eigenvalue weighted by molar-refractivity contribution is 5.97. The van der Waals surface area contributed by atoms with Gasteiger partial charge >= 0.3 is 6.09 Å². The first-order valence-electron chi connectivity index (χ1n) is 6.91. The fraction of sp³-hybridized carbons (Fsp3) is 0.467. The lowest BCUT2D eigenvalue weighted by Gasteiger charge is -2.19. The first-order chi connectivity index (χ1) is 10.2. The molecule has 0 unspecified atom stereocenters. The zero-order valence-electron chi connectivity index (χ0n) is 13.0. The summed E-state index contributed by atoms with van der Waals surface area (Å²) < 4.78 is 5.05. The predicted molar refractivity (Wildman–Crippen MR) is 80.6 cm³/mol. The molecule has 0 spiro atoms. The van der Waals surface area contributed by atoms with E-state index in [1.165, 1.54) is 18.2 Å². The van der Waals surface area contributed by atoms with Crippen LogP contribution < -0.4 is 10.6 Å². The van der Waals surface area contributed by atoms with Crippen molar-refractivity contribution in [2.24, 2.45) is 0 Å². The number of phenolic OH excluding ortho intramolecular Hbond substituents is 1. The van der Waals surface area contributed by atoms with Gasteiger partial charge in [-0.3, -0.25) is 4.79 Å². The maximum absolute atomic E-state index is 11.9. The maximum Gasteiger partial charge on any atom is 0.407 e. The van der Waals surface area contributed by atoms with Gasteiger partial charge in [0, 0.05) is 13.1 Å². The van der Waals surface area contributed by atoms with E-state index in [0.717, 1.165) is 0 Å². The highest BCUT2D eigenvalue weighted by Crippen LogP contribution is 2.18. The Hall–Kier alpha value is -2.28. The second-order valence-electron chi connectivity index (χ2n) is 5.69. The molecule has 0 radical (unpaired) electrons. The summed E-state index contributed by atoms with van der Waals surface area (Å²) in [4.78, 5) is 23.3. The van der Waals surface area contributed by atoms with Gasteiger partial charge in [-0.1, -0.05) is 6.07 Å². The molecule has 0 aromatic heterocycles. The second-order valence-corrected chi connectivity index (χ2v) is 5.69. The number of hydrogen-bond donors (Lipinski definition) is 4. The lowest BCUT2D eigenvalue weighted by atomic mass is 10.1. The summed E-state index contributed by atoms with van der Waals surface area (Å²) >= 11 is 0. The number of aliphatic hydroxyl groups is 1. The smallest absolute Gasteiger partial charge is 0.407 e. The number of aromatic hydroxyl groups is 1. The van der Waals surface area contributed by atoms with E-state index in [9.17, 15) is 14.7 Å². The van der Waals surface area contributed by atoms with Crippen LogP contribution in [-0.2, 0) is 11.3 Å². The number of rotatable bonds is 5. The molecule has 1 rings (SSSR count). The van der Waals surface area contributed by atoms with Gasteiger partial charge < -0.3 is 25.6 Å². The molecule has 0 aliphatic carbocycles. The molecule has 0 aliphatic rings. The highest BCUT2D eigenvalue weighted by Gasteiger charge is 2.16. The molecule has 0 bridgehead atoms. The van der Waals surface area contributed by atoms with E-state index in [0.29, 0.717) is 5.56 Å². The summed E-state index contributed by atoms with van der Waals surface area (Å²) in [5, 5.41) is 23.7. The monoisotopic (exact) mass is 310 g/mol. The van der Waals surface area contributed by atoms with Gasteiger partial charge in [0.05, 0.1) is 12.2 Å². The molecular formula is C15H22N2O5. The van der Waals surface area contributed by atoms with Gasteiger partial charge in [0.2, 0.25) is 0 Å². The number of carbonyl (C=O) groups is 2.